The van der Waals surface area contributed by atoms with Crippen LogP contribution in [0.2, 0.25) is 0 Å². The average molecular weight is 316 g/mol. The lowest BCUT2D eigenvalue weighted by molar-refractivity contribution is -0.132. The van der Waals surface area contributed by atoms with Gasteiger partial charge >= 0.3 is 6.18 Å². The van der Waals surface area contributed by atoms with Crippen LogP contribution >= 0.6 is 0 Å². The number of alkyl halides is 3. The Morgan fingerprint density at radius 3 is 2.36 bits per heavy atom. The topological polar surface area (TPSA) is 39.7 Å². The van der Waals surface area contributed by atoms with Crippen molar-refractivity contribution in [1.29, 1.82) is 0 Å². The van der Waals surface area contributed by atoms with E-state index < -0.39 is 12.6 Å². The quantitative estimate of drug-likeness (QED) is 0.599. The maximum Gasteiger partial charge on any atom is 0.390 e. The molecule has 22 heavy (non-hydrogen) atoms. The van der Waals surface area contributed by atoms with E-state index in [4.69, 9.17) is 0 Å². The molecule has 1 aromatic carbocycles. The molecule has 4 nitrogen and oxygen atoms in total. The van der Waals surface area contributed by atoms with E-state index in [0.29, 0.717) is 12.5 Å². The van der Waals surface area contributed by atoms with Crippen LogP contribution in [-0.2, 0) is 6.54 Å². The maximum atomic E-state index is 12.1. The van der Waals surface area contributed by atoms with Crippen molar-refractivity contribution >= 4 is 5.96 Å². The zero-order valence-electron chi connectivity index (χ0n) is 13.0. The number of guanidine groups is 1. The van der Waals surface area contributed by atoms with Crippen LogP contribution in [0.25, 0.3) is 0 Å². The van der Waals surface area contributed by atoms with Crippen molar-refractivity contribution in [3.63, 3.8) is 0 Å². The summed E-state index contributed by atoms with van der Waals surface area (Å²) >= 11 is 0. The second-order valence-corrected chi connectivity index (χ2v) is 5.01. The molecule has 0 aromatic heterocycles. The Bertz CT molecular complexity index is 446. The van der Waals surface area contributed by atoms with Crippen LogP contribution in [0.3, 0.4) is 0 Å². The molecular weight excluding hydrogens is 293 g/mol. The minimum atomic E-state index is -4.15. The van der Waals surface area contributed by atoms with Gasteiger partial charge in [0.15, 0.2) is 5.96 Å². The Kier molecular flexibility index (Phi) is 7.73. The van der Waals surface area contributed by atoms with Crippen LogP contribution in [0.5, 0.6) is 0 Å². The highest BCUT2D eigenvalue weighted by Crippen LogP contribution is 2.17. The van der Waals surface area contributed by atoms with Crippen molar-refractivity contribution in [3.05, 3.63) is 35.9 Å². The number of rotatable bonds is 7. The molecule has 0 saturated carbocycles. The second kappa shape index (κ2) is 9.30. The molecule has 0 heterocycles. The molecule has 0 saturated heterocycles. The summed E-state index contributed by atoms with van der Waals surface area (Å²) in [4.78, 5) is 6.03. The Labute approximate surface area is 129 Å². The Balaban J connectivity index is 2.21. The van der Waals surface area contributed by atoms with E-state index in [0.717, 1.165) is 13.1 Å². The van der Waals surface area contributed by atoms with Crippen molar-refractivity contribution in [2.24, 2.45) is 4.99 Å². The van der Waals surface area contributed by atoms with Crippen LogP contribution in [0, 0.1) is 0 Å². The van der Waals surface area contributed by atoms with Crippen molar-refractivity contribution in [2.75, 3.05) is 33.7 Å². The molecule has 0 fully saturated rings. The number of nitrogens with one attached hydrogen (secondary N) is 2. The smallest absolute Gasteiger partial charge is 0.356 e. The first-order chi connectivity index (χ1) is 10.4. The number of likely N-dealkylation sites (N-methyl/N-ethyl adjacent to an activating group) is 1. The second-order valence-electron chi connectivity index (χ2n) is 5.01. The third-order valence-electron chi connectivity index (χ3n) is 3.01. The largest absolute Gasteiger partial charge is 0.390 e. The summed E-state index contributed by atoms with van der Waals surface area (Å²) in [5.74, 6) is 0.386. The molecule has 0 amide bonds. The molecule has 0 aliphatic carbocycles. The van der Waals surface area contributed by atoms with E-state index in [-0.39, 0.29) is 6.54 Å². The van der Waals surface area contributed by atoms with Gasteiger partial charge in [0.25, 0.3) is 0 Å². The lowest BCUT2D eigenvalue weighted by Crippen LogP contribution is -2.41. The van der Waals surface area contributed by atoms with Crippen LogP contribution in [0.15, 0.2) is 35.3 Å². The molecule has 7 heteroatoms. The highest BCUT2D eigenvalue weighted by Gasteiger charge is 2.26. The zero-order chi connectivity index (χ0) is 16.4. The summed E-state index contributed by atoms with van der Waals surface area (Å²) in [5, 5.41) is 5.65. The first-order valence-corrected chi connectivity index (χ1v) is 7.14. The first kappa shape index (κ1) is 18.3. The third-order valence-corrected chi connectivity index (χ3v) is 3.01. The number of nitrogens with zero attached hydrogens (tertiary/aromatic N) is 2. The lowest BCUT2D eigenvalue weighted by atomic mass is 10.2. The average Bonchev–Trinajstić information content (AvgIpc) is 2.45. The van der Waals surface area contributed by atoms with E-state index in [2.05, 4.69) is 32.7 Å². The van der Waals surface area contributed by atoms with Gasteiger partial charge in [0, 0.05) is 33.2 Å². The van der Waals surface area contributed by atoms with Gasteiger partial charge in [-0.1, -0.05) is 30.3 Å². The van der Waals surface area contributed by atoms with Crippen LogP contribution in [0.1, 0.15) is 12.0 Å². The third kappa shape index (κ3) is 8.51. The molecule has 0 aliphatic heterocycles. The summed E-state index contributed by atoms with van der Waals surface area (Å²) in [6.07, 6.45) is -5.02. The van der Waals surface area contributed by atoms with Crippen molar-refractivity contribution in [1.82, 2.24) is 15.5 Å². The Hall–Kier alpha value is -1.76. The summed E-state index contributed by atoms with van der Waals surface area (Å²) < 4.78 is 36.2. The summed E-state index contributed by atoms with van der Waals surface area (Å²) in [5.41, 5.74) is 1.22. The fourth-order valence-electron chi connectivity index (χ4n) is 1.88. The van der Waals surface area contributed by atoms with E-state index in [1.807, 2.05) is 25.2 Å². The van der Waals surface area contributed by atoms with Gasteiger partial charge in [-0.3, -0.25) is 4.99 Å². The fourth-order valence-corrected chi connectivity index (χ4v) is 1.88. The summed E-state index contributed by atoms with van der Waals surface area (Å²) in [7, 11) is 3.53. The van der Waals surface area contributed by atoms with Crippen LogP contribution in [-0.4, -0.2) is 50.8 Å². The summed E-state index contributed by atoms with van der Waals surface area (Å²) in [6.45, 7) is 2.01. The molecule has 0 bridgehead atoms. The van der Waals surface area contributed by atoms with Gasteiger partial charge in [0.05, 0.1) is 6.42 Å². The number of hydrogen-bond donors (Lipinski definition) is 2. The maximum absolute atomic E-state index is 12.1. The Morgan fingerprint density at radius 2 is 1.77 bits per heavy atom. The standard InChI is InChI=1S/C15H23F3N4/c1-19-14(20-9-8-15(16,17)18)21-10-11-22(2)12-13-6-4-3-5-7-13/h3-7H,8-12H2,1-2H3,(H2,19,20,21). The molecule has 1 rings (SSSR count). The number of benzene rings is 1. The monoisotopic (exact) mass is 316 g/mol. The van der Waals surface area contributed by atoms with E-state index in [1.54, 1.807) is 0 Å². The molecule has 1 aromatic rings. The SMILES string of the molecule is CN=C(NCCN(C)Cc1ccccc1)NCCC(F)(F)F. The molecule has 0 unspecified atom stereocenters. The number of aliphatic imine (C=N–C) groups is 1. The summed E-state index contributed by atoms with van der Waals surface area (Å²) in [6, 6.07) is 10.1. The minimum Gasteiger partial charge on any atom is -0.356 e. The van der Waals surface area contributed by atoms with Crippen LogP contribution in [0.4, 0.5) is 13.2 Å². The normalized spacial score (nSPS) is 12.5. The van der Waals surface area contributed by atoms with Gasteiger partial charge in [-0.25, -0.2) is 0 Å². The number of halogens is 3. The minimum absolute atomic E-state index is 0.178. The molecule has 124 valence electrons. The fraction of sp³-hybridized carbons (Fsp3) is 0.533. The Morgan fingerprint density at radius 1 is 1.14 bits per heavy atom. The highest BCUT2D eigenvalue weighted by atomic mass is 19.4. The predicted octanol–water partition coefficient (Wildman–Crippen LogP) is 2.24. The first-order valence-electron chi connectivity index (χ1n) is 7.14. The molecule has 0 atom stereocenters. The van der Waals surface area contributed by atoms with Gasteiger partial charge in [-0.2, -0.15) is 13.2 Å². The van der Waals surface area contributed by atoms with E-state index in [9.17, 15) is 13.2 Å². The van der Waals surface area contributed by atoms with Gasteiger partial charge in [0.1, 0.15) is 0 Å². The lowest BCUT2D eigenvalue weighted by Gasteiger charge is -2.18. The molecule has 0 aliphatic rings. The molecule has 0 spiro atoms. The predicted molar refractivity (Wildman–Crippen MR) is 82.8 cm³/mol. The van der Waals surface area contributed by atoms with Crippen molar-refractivity contribution < 1.29 is 13.2 Å². The molecule has 2 N–H and O–H groups in total. The van der Waals surface area contributed by atoms with Crippen molar-refractivity contribution in [2.45, 2.75) is 19.1 Å². The van der Waals surface area contributed by atoms with Gasteiger partial charge < -0.3 is 15.5 Å². The zero-order valence-corrected chi connectivity index (χ0v) is 13.0. The van der Waals surface area contributed by atoms with Crippen LogP contribution < -0.4 is 10.6 Å². The van der Waals surface area contributed by atoms with Gasteiger partial charge in [-0.15, -0.1) is 0 Å². The van der Waals surface area contributed by atoms with E-state index >= 15 is 0 Å². The van der Waals surface area contributed by atoms with Crippen molar-refractivity contribution in [3.8, 4) is 0 Å². The van der Waals surface area contributed by atoms with E-state index in [1.165, 1.54) is 12.6 Å². The highest BCUT2D eigenvalue weighted by molar-refractivity contribution is 5.79. The van der Waals surface area contributed by atoms with Gasteiger partial charge in [-0.05, 0) is 12.6 Å². The van der Waals surface area contributed by atoms with Gasteiger partial charge in [0.2, 0.25) is 0 Å². The molecule has 0 radical (unpaired) electrons. The number of hydrogen-bond acceptors (Lipinski definition) is 2. The molecular formula is C15H23F3N4.